The van der Waals surface area contributed by atoms with Gasteiger partial charge in [0.1, 0.15) is 11.7 Å². The van der Waals surface area contributed by atoms with E-state index in [1.54, 1.807) is 0 Å². The van der Waals surface area contributed by atoms with E-state index in [1.165, 1.54) is 6.42 Å². The number of rotatable bonds is 1. The lowest BCUT2D eigenvalue weighted by Crippen LogP contribution is -2.40. The Kier molecular flexibility index (Phi) is 2.09. The van der Waals surface area contributed by atoms with E-state index in [9.17, 15) is 0 Å². The van der Waals surface area contributed by atoms with Crippen LogP contribution in [0, 0.1) is 0 Å². The molecule has 1 saturated heterocycles. The van der Waals surface area contributed by atoms with Crippen molar-refractivity contribution in [1.29, 1.82) is 0 Å². The van der Waals surface area contributed by atoms with E-state index in [0.29, 0.717) is 0 Å². The summed E-state index contributed by atoms with van der Waals surface area (Å²) in [6.07, 6.45) is 8.74. The predicted molar refractivity (Wildman–Crippen MR) is 46.8 cm³/mol. The van der Waals surface area contributed by atoms with Crippen molar-refractivity contribution in [1.82, 2.24) is 0 Å². The van der Waals surface area contributed by atoms with E-state index in [2.05, 4.69) is 13.0 Å². The van der Waals surface area contributed by atoms with Crippen molar-refractivity contribution in [2.24, 2.45) is 0 Å². The first-order valence-corrected chi connectivity index (χ1v) is 4.76. The summed E-state index contributed by atoms with van der Waals surface area (Å²) >= 11 is 0. The summed E-state index contributed by atoms with van der Waals surface area (Å²) in [6, 6.07) is 0. The first-order chi connectivity index (χ1) is 5.81. The van der Waals surface area contributed by atoms with Gasteiger partial charge in [-0.3, -0.25) is 0 Å². The molecule has 2 heterocycles. The summed E-state index contributed by atoms with van der Waals surface area (Å²) in [4.78, 5) is 0. The molecule has 0 aromatic rings. The van der Waals surface area contributed by atoms with Gasteiger partial charge in [-0.25, -0.2) is 0 Å². The summed E-state index contributed by atoms with van der Waals surface area (Å²) in [5.74, 6) is 0. The molecule has 2 unspecified atom stereocenters. The number of allylic oxidation sites excluding steroid dienone is 1. The molecule has 0 aliphatic carbocycles. The van der Waals surface area contributed by atoms with Crippen LogP contribution >= 0.6 is 0 Å². The van der Waals surface area contributed by atoms with Crippen molar-refractivity contribution >= 4 is 0 Å². The molecule has 2 aliphatic rings. The van der Waals surface area contributed by atoms with Gasteiger partial charge < -0.3 is 9.47 Å². The van der Waals surface area contributed by atoms with Crippen LogP contribution in [0.2, 0.25) is 0 Å². The standard InChI is InChI=1S/C10H16O2/c1-10(6-4-8-12-10)9-5-2-3-7-11-9/h3,7,9H,2,4-6,8H2,1H3. The first-order valence-electron chi connectivity index (χ1n) is 4.76. The van der Waals surface area contributed by atoms with Crippen molar-refractivity contribution < 1.29 is 9.47 Å². The molecule has 0 spiro atoms. The molecule has 2 atom stereocenters. The molecule has 0 bridgehead atoms. The Balaban J connectivity index is 2.02. The summed E-state index contributed by atoms with van der Waals surface area (Å²) < 4.78 is 11.3. The van der Waals surface area contributed by atoms with Crippen molar-refractivity contribution in [2.45, 2.75) is 44.3 Å². The zero-order valence-electron chi connectivity index (χ0n) is 7.58. The van der Waals surface area contributed by atoms with Gasteiger partial charge >= 0.3 is 0 Å². The minimum Gasteiger partial charge on any atom is -0.495 e. The second-order valence-electron chi connectivity index (χ2n) is 3.84. The second kappa shape index (κ2) is 3.09. The normalized spacial score (nSPS) is 41.2. The highest BCUT2D eigenvalue weighted by molar-refractivity contribution is 4.94. The highest BCUT2D eigenvalue weighted by Gasteiger charge is 2.39. The van der Waals surface area contributed by atoms with E-state index in [1.807, 2.05) is 6.26 Å². The maximum Gasteiger partial charge on any atom is 0.127 e. The van der Waals surface area contributed by atoms with Gasteiger partial charge in [-0.1, -0.05) is 0 Å². The predicted octanol–water partition coefficient (Wildman–Crippen LogP) is 2.25. The molecule has 2 rings (SSSR count). The Labute approximate surface area is 73.5 Å². The van der Waals surface area contributed by atoms with Crippen LogP contribution in [0.3, 0.4) is 0 Å². The smallest absolute Gasteiger partial charge is 0.127 e. The maximum atomic E-state index is 5.72. The molecular formula is C10H16O2. The lowest BCUT2D eigenvalue weighted by atomic mass is 9.91. The van der Waals surface area contributed by atoms with Gasteiger partial charge in [0.05, 0.1) is 6.26 Å². The molecule has 0 N–H and O–H groups in total. The van der Waals surface area contributed by atoms with E-state index in [4.69, 9.17) is 9.47 Å². The molecule has 2 nitrogen and oxygen atoms in total. The Morgan fingerprint density at radius 3 is 3.00 bits per heavy atom. The van der Waals surface area contributed by atoms with Crippen LogP contribution in [0.1, 0.15) is 32.6 Å². The third kappa shape index (κ3) is 1.36. The Hall–Kier alpha value is -0.500. The third-order valence-electron chi connectivity index (χ3n) is 2.86. The Morgan fingerprint density at radius 1 is 1.50 bits per heavy atom. The SMILES string of the molecule is CC1(C2CCC=CO2)CCCO1. The van der Waals surface area contributed by atoms with Gasteiger partial charge in [-0.2, -0.15) is 0 Å². The van der Waals surface area contributed by atoms with Gasteiger partial charge in [0, 0.05) is 6.61 Å². The lowest BCUT2D eigenvalue weighted by molar-refractivity contribution is -0.0886. The van der Waals surface area contributed by atoms with Crippen molar-refractivity contribution in [3.63, 3.8) is 0 Å². The van der Waals surface area contributed by atoms with Crippen LogP contribution in [-0.4, -0.2) is 18.3 Å². The summed E-state index contributed by atoms with van der Waals surface area (Å²) in [5, 5.41) is 0. The zero-order chi connectivity index (χ0) is 8.44. The minimum atomic E-state index is -0.00917. The number of hydrogen-bond acceptors (Lipinski definition) is 2. The average molecular weight is 168 g/mol. The molecule has 0 aromatic heterocycles. The molecule has 1 fully saturated rings. The highest BCUT2D eigenvalue weighted by Crippen LogP contribution is 2.33. The van der Waals surface area contributed by atoms with Crippen molar-refractivity contribution in [3.05, 3.63) is 12.3 Å². The van der Waals surface area contributed by atoms with Crippen LogP contribution in [0.15, 0.2) is 12.3 Å². The van der Waals surface area contributed by atoms with Gasteiger partial charge in [0.15, 0.2) is 0 Å². The second-order valence-corrected chi connectivity index (χ2v) is 3.84. The monoisotopic (exact) mass is 168 g/mol. The maximum absolute atomic E-state index is 5.72. The molecular weight excluding hydrogens is 152 g/mol. The van der Waals surface area contributed by atoms with Gasteiger partial charge in [0.2, 0.25) is 0 Å². The van der Waals surface area contributed by atoms with E-state index in [-0.39, 0.29) is 11.7 Å². The highest BCUT2D eigenvalue weighted by atomic mass is 16.6. The molecule has 12 heavy (non-hydrogen) atoms. The quantitative estimate of drug-likeness (QED) is 0.598. The molecule has 0 aromatic carbocycles. The molecule has 68 valence electrons. The fourth-order valence-electron chi connectivity index (χ4n) is 2.04. The van der Waals surface area contributed by atoms with E-state index >= 15 is 0 Å². The summed E-state index contributed by atoms with van der Waals surface area (Å²) in [7, 11) is 0. The van der Waals surface area contributed by atoms with Crippen LogP contribution in [-0.2, 0) is 9.47 Å². The summed E-state index contributed by atoms with van der Waals surface area (Å²) in [6.45, 7) is 3.07. The van der Waals surface area contributed by atoms with Crippen LogP contribution in [0.25, 0.3) is 0 Å². The van der Waals surface area contributed by atoms with Gasteiger partial charge in [-0.15, -0.1) is 0 Å². The van der Waals surface area contributed by atoms with E-state index in [0.717, 1.165) is 25.9 Å². The number of hydrogen-bond donors (Lipinski definition) is 0. The third-order valence-corrected chi connectivity index (χ3v) is 2.86. The molecule has 2 heteroatoms. The Morgan fingerprint density at radius 2 is 2.42 bits per heavy atom. The van der Waals surface area contributed by atoms with Gasteiger partial charge in [0.25, 0.3) is 0 Å². The molecule has 0 radical (unpaired) electrons. The summed E-state index contributed by atoms with van der Waals surface area (Å²) in [5.41, 5.74) is -0.00917. The Bertz CT molecular complexity index is 180. The van der Waals surface area contributed by atoms with E-state index < -0.39 is 0 Å². The van der Waals surface area contributed by atoms with Crippen LogP contribution in [0.4, 0.5) is 0 Å². The van der Waals surface area contributed by atoms with Crippen LogP contribution < -0.4 is 0 Å². The fourth-order valence-corrected chi connectivity index (χ4v) is 2.04. The largest absolute Gasteiger partial charge is 0.495 e. The van der Waals surface area contributed by atoms with Crippen LogP contribution in [0.5, 0.6) is 0 Å². The average Bonchev–Trinajstić information content (AvgIpc) is 2.55. The molecule has 2 aliphatic heterocycles. The first kappa shape index (κ1) is 8.11. The zero-order valence-corrected chi connectivity index (χ0v) is 7.58. The van der Waals surface area contributed by atoms with Crippen molar-refractivity contribution in [3.8, 4) is 0 Å². The number of ether oxygens (including phenoxy) is 2. The molecule has 0 amide bonds. The minimum absolute atomic E-state index is 0.00917. The topological polar surface area (TPSA) is 18.5 Å². The van der Waals surface area contributed by atoms with Crippen molar-refractivity contribution in [2.75, 3.05) is 6.61 Å². The molecule has 0 saturated carbocycles. The van der Waals surface area contributed by atoms with Gasteiger partial charge in [-0.05, 0) is 38.7 Å². The fraction of sp³-hybridized carbons (Fsp3) is 0.800. The lowest BCUT2D eigenvalue weighted by Gasteiger charge is -2.33.